The summed E-state index contributed by atoms with van der Waals surface area (Å²) in [5.41, 5.74) is -0.966. The van der Waals surface area contributed by atoms with E-state index in [1.54, 1.807) is 4.72 Å². The molecule has 0 amide bonds. The molecule has 0 unspecified atom stereocenters. The number of hydrogen-bond acceptors (Lipinski definition) is 3. The first kappa shape index (κ1) is 15.0. The van der Waals surface area contributed by atoms with Crippen LogP contribution in [0, 0.1) is 17.5 Å². The fourth-order valence-electron chi connectivity index (χ4n) is 1.65. The molecule has 0 fully saturated rings. The van der Waals surface area contributed by atoms with E-state index in [9.17, 15) is 26.4 Å². The average molecular weight is 315 g/mol. The number of anilines is 1. The topological polar surface area (TPSA) is 63.2 Å². The van der Waals surface area contributed by atoms with Crippen LogP contribution in [0.4, 0.5) is 18.9 Å². The molecular weight excluding hydrogens is 307 g/mol. The van der Waals surface area contributed by atoms with E-state index in [1.165, 1.54) is 6.07 Å². The predicted octanol–water partition coefficient (Wildman–Crippen LogP) is 2.72. The van der Waals surface area contributed by atoms with E-state index < -0.39 is 38.1 Å². The average Bonchev–Trinajstić information content (AvgIpc) is 2.40. The maximum absolute atomic E-state index is 13.8. The van der Waals surface area contributed by atoms with Gasteiger partial charge in [-0.3, -0.25) is 9.52 Å². The lowest BCUT2D eigenvalue weighted by Crippen LogP contribution is -2.17. The largest absolute Gasteiger partial charge is 0.298 e. The second kappa shape index (κ2) is 5.57. The van der Waals surface area contributed by atoms with Gasteiger partial charge in [0, 0.05) is 0 Å². The summed E-state index contributed by atoms with van der Waals surface area (Å²) in [5, 5.41) is 0. The fraction of sp³-hybridized carbons (Fsp3) is 0. The van der Waals surface area contributed by atoms with Crippen LogP contribution in [0.3, 0.4) is 0 Å². The van der Waals surface area contributed by atoms with Crippen LogP contribution in [0.15, 0.2) is 41.3 Å². The van der Waals surface area contributed by atoms with Gasteiger partial charge < -0.3 is 0 Å². The SMILES string of the molecule is O=Cc1cccc(NS(=O)(=O)c2c(F)cccc2F)c1F. The number of carbonyl (C=O) groups excluding carboxylic acids is 1. The zero-order valence-electron chi connectivity index (χ0n) is 10.3. The van der Waals surface area contributed by atoms with Gasteiger partial charge in [-0.1, -0.05) is 12.1 Å². The monoisotopic (exact) mass is 315 g/mol. The highest BCUT2D eigenvalue weighted by molar-refractivity contribution is 7.92. The summed E-state index contributed by atoms with van der Waals surface area (Å²) >= 11 is 0. The van der Waals surface area contributed by atoms with Crippen LogP contribution in [0.5, 0.6) is 0 Å². The molecule has 4 nitrogen and oxygen atoms in total. The van der Waals surface area contributed by atoms with E-state index in [1.807, 2.05) is 0 Å². The van der Waals surface area contributed by atoms with E-state index in [4.69, 9.17) is 0 Å². The third kappa shape index (κ3) is 2.89. The highest BCUT2D eigenvalue weighted by atomic mass is 32.2. The van der Waals surface area contributed by atoms with Crippen LogP contribution in [-0.2, 0) is 10.0 Å². The minimum atomic E-state index is -4.68. The molecule has 2 rings (SSSR count). The molecule has 0 atom stereocenters. The van der Waals surface area contributed by atoms with Crippen molar-refractivity contribution in [2.45, 2.75) is 4.90 Å². The van der Waals surface area contributed by atoms with Gasteiger partial charge >= 0.3 is 0 Å². The molecule has 0 spiro atoms. The third-order valence-electron chi connectivity index (χ3n) is 2.59. The summed E-state index contributed by atoms with van der Waals surface area (Å²) < 4.78 is 66.4. The van der Waals surface area contributed by atoms with Crippen LogP contribution in [0.2, 0.25) is 0 Å². The fourth-order valence-corrected chi connectivity index (χ4v) is 2.85. The molecule has 1 N–H and O–H groups in total. The molecule has 8 heteroatoms. The van der Waals surface area contributed by atoms with Crippen molar-refractivity contribution in [3.63, 3.8) is 0 Å². The Morgan fingerprint density at radius 2 is 1.52 bits per heavy atom. The molecule has 0 heterocycles. The van der Waals surface area contributed by atoms with Crippen molar-refractivity contribution in [2.24, 2.45) is 0 Å². The Kier molecular flexibility index (Phi) is 3.99. The van der Waals surface area contributed by atoms with Gasteiger partial charge in [0.05, 0.1) is 11.3 Å². The number of hydrogen-bond donors (Lipinski definition) is 1. The lowest BCUT2D eigenvalue weighted by Gasteiger charge is -2.11. The standard InChI is InChI=1S/C13H8F3NO3S/c14-9-4-2-5-10(15)13(9)21(19,20)17-11-6-1-3-8(7-18)12(11)16/h1-7,17H. The van der Waals surface area contributed by atoms with Gasteiger partial charge in [0.25, 0.3) is 10.0 Å². The van der Waals surface area contributed by atoms with Crippen molar-refractivity contribution in [1.82, 2.24) is 0 Å². The number of benzene rings is 2. The number of carbonyl (C=O) groups is 1. The van der Waals surface area contributed by atoms with Crippen LogP contribution in [0.25, 0.3) is 0 Å². The zero-order valence-corrected chi connectivity index (χ0v) is 11.1. The van der Waals surface area contributed by atoms with Crippen LogP contribution < -0.4 is 4.72 Å². The van der Waals surface area contributed by atoms with Crippen molar-refractivity contribution in [3.8, 4) is 0 Å². The summed E-state index contributed by atoms with van der Waals surface area (Å²) in [5.74, 6) is -3.75. The van der Waals surface area contributed by atoms with Crippen molar-refractivity contribution in [2.75, 3.05) is 4.72 Å². The first-order chi connectivity index (χ1) is 9.86. The maximum Gasteiger partial charge on any atom is 0.267 e. The predicted molar refractivity (Wildman–Crippen MR) is 69.0 cm³/mol. The quantitative estimate of drug-likeness (QED) is 0.882. The highest BCUT2D eigenvalue weighted by Crippen LogP contribution is 2.24. The normalized spacial score (nSPS) is 11.2. The van der Waals surface area contributed by atoms with Crippen molar-refractivity contribution in [3.05, 3.63) is 59.4 Å². The van der Waals surface area contributed by atoms with E-state index in [0.29, 0.717) is 0 Å². The highest BCUT2D eigenvalue weighted by Gasteiger charge is 2.25. The van der Waals surface area contributed by atoms with Gasteiger partial charge in [-0.15, -0.1) is 0 Å². The van der Waals surface area contributed by atoms with Gasteiger partial charge in [-0.25, -0.2) is 21.6 Å². The zero-order chi connectivity index (χ0) is 15.6. The summed E-state index contributed by atoms with van der Waals surface area (Å²) in [7, 11) is -4.68. The Labute approximate surface area is 118 Å². The second-order valence-electron chi connectivity index (χ2n) is 3.98. The molecule has 0 aliphatic carbocycles. The number of rotatable bonds is 4. The summed E-state index contributed by atoms with van der Waals surface area (Å²) in [4.78, 5) is 9.36. The van der Waals surface area contributed by atoms with Crippen molar-refractivity contribution < 1.29 is 26.4 Å². The Bertz CT molecular complexity index is 786. The number of nitrogens with one attached hydrogen (secondary N) is 1. The molecule has 21 heavy (non-hydrogen) atoms. The smallest absolute Gasteiger partial charge is 0.267 e. The Balaban J connectivity index is 2.50. The van der Waals surface area contributed by atoms with E-state index >= 15 is 0 Å². The number of aldehydes is 1. The molecule has 0 radical (unpaired) electrons. The summed E-state index contributed by atoms with van der Waals surface area (Å²) in [6.45, 7) is 0. The molecule has 0 aliphatic heterocycles. The first-order valence-electron chi connectivity index (χ1n) is 5.57. The lowest BCUT2D eigenvalue weighted by molar-refractivity contribution is 0.112. The van der Waals surface area contributed by atoms with E-state index in [0.717, 1.165) is 30.3 Å². The second-order valence-corrected chi connectivity index (χ2v) is 5.60. The number of sulfonamides is 1. The molecule has 0 aromatic heterocycles. The summed E-state index contributed by atoms with van der Waals surface area (Å²) in [6, 6.07) is 5.90. The molecule has 0 bridgehead atoms. The van der Waals surface area contributed by atoms with Gasteiger partial charge in [-0.2, -0.15) is 0 Å². The molecule has 0 aliphatic rings. The van der Waals surface area contributed by atoms with Crippen LogP contribution in [0.1, 0.15) is 10.4 Å². The van der Waals surface area contributed by atoms with Gasteiger partial charge in [0.15, 0.2) is 17.0 Å². The van der Waals surface area contributed by atoms with E-state index in [-0.39, 0.29) is 11.8 Å². The minimum Gasteiger partial charge on any atom is -0.298 e. The number of halogens is 3. The lowest BCUT2D eigenvalue weighted by atomic mass is 10.2. The first-order valence-corrected chi connectivity index (χ1v) is 7.05. The molecule has 0 saturated heterocycles. The van der Waals surface area contributed by atoms with Gasteiger partial charge in [-0.05, 0) is 24.3 Å². The van der Waals surface area contributed by atoms with Gasteiger partial charge in [0.2, 0.25) is 0 Å². The van der Waals surface area contributed by atoms with Gasteiger partial charge in [0.1, 0.15) is 11.6 Å². The Morgan fingerprint density at radius 3 is 2.10 bits per heavy atom. The van der Waals surface area contributed by atoms with E-state index in [2.05, 4.69) is 0 Å². The van der Waals surface area contributed by atoms with Crippen molar-refractivity contribution >= 4 is 22.0 Å². The molecule has 2 aromatic carbocycles. The maximum atomic E-state index is 13.8. The molecule has 110 valence electrons. The third-order valence-corrected chi connectivity index (χ3v) is 4.00. The molecule has 0 saturated carbocycles. The molecule has 2 aromatic rings. The van der Waals surface area contributed by atoms with Crippen molar-refractivity contribution in [1.29, 1.82) is 0 Å². The summed E-state index contributed by atoms with van der Waals surface area (Å²) in [6.07, 6.45) is 0.191. The Morgan fingerprint density at radius 1 is 0.952 bits per heavy atom. The minimum absolute atomic E-state index is 0.191. The van der Waals surface area contributed by atoms with Crippen LogP contribution >= 0.6 is 0 Å². The van der Waals surface area contributed by atoms with Crippen LogP contribution in [-0.4, -0.2) is 14.7 Å². The molecular formula is C13H8F3NO3S. The Hall–Kier alpha value is -2.35.